The van der Waals surface area contributed by atoms with E-state index in [1.807, 2.05) is 0 Å². The molecule has 0 aliphatic carbocycles. The van der Waals surface area contributed by atoms with Gasteiger partial charge in [-0.1, -0.05) is 13.3 Å². The molecule has 0 spiro atoms. The van der Waals surface area contributed by atoms with Gasteiger partial charge in [0, 0.05) is 19.3 Å². The van der Waals surface area contributed by atoms with E-state index >= 15 is 0 Å². The van der Waals surface area contributed by atoms with Gasteiger partial charge in [0.2, 0.25) is 0 Å². The number of terminal acetylenes is 1. The molecular weight excluding hydrogens is 124 g/mol. The average molecular weight is 138 g/mol. The fraction of sp³-hybridized carbons (Fsp3) is 0.667. The predicted molar refractivity (Wildman–Crippen MR) is 42.6 cm³/mol. The molecule has 0 aromatic rings. The van der Waals surface area contributed by atoms with Crippen molar-refractivity contribution in [3.8, 4) is 12.3 Å². The topological polar surface area (TPSA) is 17.1 Å². The molecule has 0 amide bonds. The highest BCUT2D eigenvalue weighted by atomic mass is 16.1. The Morgan fingerprint density at radius 3 is 2.70 bits per heavy atom. The maximum absolute atomic E-state index is 10.9. The van der Waals surface area contributed by atoms with Gasteiger partial charge in [0.15, 0.2) is 0 Å². The van der Waals surface area contributed by atoms with Gasteiger partial charge in [0.05, 0.1) is 0 Å². The molecule has 0 heterocycles. The first kappa shape index (κ1) is 9.23. The van der Waals surface area contributed by atoms with E-state index in [0.717, 1.165) is 12.8 Å². The summed E-state index contributed by atoms with van der Waals surface area (Å²) in [4.78, 5) is 10.9. The molecule has 0 atom stereocenters. The van der Waals surface area contributed by atoms with Gasteiger partial charge in [-0.15, -0.1) is 12.3 Å². The highest BCUT2D eigenvalue weighted by molar-refractivity contribution is 5.78. The summed E-state index contributed by atoms with van der Waals surface area (Å²) in [5.74, 6) is 2.76. The highest BCUT2D eigenvalue weighted by Crippen LogP contribution is 1.99. The number of hydrogen-bond acceptors (Lipinski definition) is 1. The first-order chi connectivity index (χ1) is 4.81. The Bertz CT molecular complexity index is 130. The predicted octanol–water partition coefficient (Wildman–Crippen LogP) is 2.16. The van der Waals surface area contributed by atoms with Gasteiger partial charge < -0.3 is 0 Å². The third kappa shape index (κ3) is 5.37. The minimum Gasteiger partial charge on any atom is -0.300 e. The van der Waals surface area contributed by atoms with Crippen molar-refractivity contribution in [3.05, 3.63) is 0 Å². The highest BCUT2D eigenvalue weighted by Gasteiger charge is 1.97. The van der Waals surface area contributed by atoms with Crippen LogP contribution < -0.4 is 0 Å². The summed E-state index contributed by atoms with van der Waals surface area (Å²) in [7, 11) is 0. The molecule has 0 rings (SSSR count). The van der Waals surface area contributed by atoms with Crippen molar-refractivity contribution in [3.63, 3.8) is 0 Å². The van der Waals surface area contributed by atoms with Crippen LogP contribution in [0.3, 0.4) is 0 Å². The average Bonchev–Trinajstić information content (AvgIpc) is 1.97. The van der Waals surface area contributed by atoms with Crippen molar-refractivity contribution in [2.45, 2.75) is 39.0 Å². The Hall–Kier alpha value is -0.770. The van der Waals surface area contributed by atoms with Crippen LogP contribution in [0.4, 0.5) is 0 Å². The van der Waals surface area contributed by atoms with Crippen LogP contribution in [-0.2, 0) is 4.79 Å². The number of ketones is 1. The Morgan fingerprint density at radius 1 is 1.50 bits per heavy atom. The molecule has 0 N–H and O–H groups in total. The van der Waals surface area contributed by atoms with E-state index in [9.17, 15) is 4.79 Å². The molecule has 1 nitrogen and oxygen atoms in total. The molecule has 0 fully saturated rings. The van der Waals surface area contributed by atoms with Crippen molar-refractivity contribution in [1.82, 2.24) is 0 Å². The number of hydrogen-bond donors (Lipinski definition) is 0. The van der Waals surface area contributed by atoms with Gasteiger partial charge in [0.1, 0.15) is 5.78 Å². The second kappa shape index (κ2) is 6.35. The Kier molecular flexibility index (Phi) is 5.86. The minimum atomic E-state index is 0.305. The van der Waals surface area contributed by atoms with Gasteiger partial charge in [0.25, 0.3) is 0 Å². The van der Waals surface area contributed by atoms with Crippen LogP contribution in [0.1, 0.15) is 39.0 Å². The lowest BCUT2D eigenvalue weighted by Gasteiger charge is -1.93. The number of rotatable bonds is 5. The molecule has 0 unspecified atom stereocenters. The first-order valence-corrected chi connectivity index (χ1v) is 3.76. The Morgan fingerprint density at radius 2 is 2.20 bits per heavy atom. The van der Waals surface area contributed by atoms with E-state index in [1.54, 1.807) is 0 Å². The second-order valence-corrected chi connectivity index (χ2v) is 2.35. The van der Waals surface area contributed by atoms with E-state index in [2.05, 4.69) is 12.8 Å². The number of carbonyl (C=O) groups excluding carboxylic acids is 1. The van der Waals surface area contributed by atoms with E-state index in [1.165, 1.54) is 0 Å². The van der Waals surface area contributed by atoms with Gasteiger partial charge in [-0.25, -0.2) is 0 Å². The Balaban J connectivity index is 3.19. The number of unbranched alkanes of at least 4 members (excludes halogenated alkanes) is 1. The minimum absolute atomic E-state index is 0.305. The second-order valence-electron chi connectivity index (χ2n) is 2.35. The van der Waals surface area contributed by atoms with Crippen LogP contribution in [0.25, 0.3) is 0 Å². The van der Waals surface area contributed by atoms with Gasteiger partial charge in [-0.3, -0.25) is 4.79 Å². The lowest BCUT2D eigenvalue weighted by molar-refractivity contribution is -0.119. The van der Waals surface area contributed by atoms with Crippen molar-refractivity contribution in [1.29, 1.82) is 0 Å². The van der Waals surface area contributed by atoms with Crippen molar-refractivity contribution in [2.24, 2.45) is 0 Å². The quantitative estimate of drug-likeness (QED) is 0.532. The molecule has 0 bridgehead atoms. The lowest BCUT2D eigenvalue weighted by atomic mass is 10.1. The number of Topliss-reactive ketones (excluding diaryl/α,β-unsaturated/α-hetero) is 1. The smallest absolute Gasteiger partial charge is 0.133 e. The third-order valence-corrected chi connectivity index (χ3v) is 1.36. The van der Waals surface area contributed by atoms with E-state index in [4.69, 9.17) is 6.42 Å². The van der Waals surface area contributed by atoms with Gasteiger partial charge in [-0.2, -0.15) is 0 Å². The lowest BCUT2D eigenvalue weighted by Crippen LogP contribution is -1.95. The van der Waals surface area contributed by atoms with Crippen LogP contribution >= 0.6 is 0 Å². The van der Waals surface area contributed by atoms with E-state index < -0.39 is 0 Å². The molecule has 1 heteroatoms. The first-order valence-electron chi connectivity index (χ1n) is 3.76. The van der Waals surface area contributed by atoms with Gasteiger partial charge >= 0.3 is 0 Å². The molecule has 0 saturated carbocycles. The normalized spacial score (nSPS) is 8.80. The summed E-state index contributed by atoms with van der Waals surface area (Å²) in [6.45, 7) is 2.08. The maximum atomic E-state index is 10.9. The van der Waals surface area contributed by atoms with Crippen molar-refractivity contribution in [2.75, 3.05) is 0 Å². The van der Waals surface area contributed by atoms with Crippen molar-refractivity contribution < 1.29 is 4.79 Å². The molecule has 0 aromatic carbocycles. The summed E-state index contributed by atoms with van der Waals surface area (Å²) in [5.41, 5.74) is 0. The van der Waals surface area contributed by atoms with Crippen LogP contribution in [0.5, 0.6) is 0 Å². The fourth-order valence-corrected chi connectivity index (χ4v) is 0.711. The maximum Gasteiger partial charge on any atom is 0.133 e. The fourth-order valence-electron chi connectivity index (χ4n) is 0.711. The summed E-state index contributed by atoms with van der Waals surface area (Å²) < 4.78 is 0. The Labute approximate surface area is 62.8 Å². The SMILES string of the molecule is C#CCCC(=O)CCCC. The third-order valence-electron chi connectivity index (χ3n) is 1.36. The molecule has 0 aliphatic rings. The molecular formula is C9H14O. The molecule has 0 aliphatic heterocycles. The van der Waals surface area contributed by atoms with Crippen molar-refractivity contribution >= 4 is 5.78 Å². The zero-order valence-electron chi connectivity index (χ0n) is 6.52. The zero-order valence-corrected chi connectivity index (χ0v) is 6.52. The van der Waals surface area contributed by atoms with E-state index in [-0.39, 0.29) is 0 Å². The molecule has 0 aromatic heterocycles. The monoisotopic (exact) mass is 138 g/mol. The van der Waals surface area contributed by atoms with E-state index in [0.29, 0.717) is 25.0 Å². The summed E-state index contributed by atoms with van der Waals surface area (Å²) in [6, 6.07) is 0. The van der Waals surface area contributed by atoms with Crippen LogP contribution in [0, 0.1) is 12.3 Å². The summed E-state index contributed by atoms with van der Waals surface area (Å²) in [5, 5.41) is 0. The number of carbonyl (C=O) groups is 1. The molecule has 0 saturated heterocycles. The van der Waals surface area contributed by atoms with Crippen LogP contribution in [0.2, 0.25) is 0 Å². The summed E-state index contributed by atoms with van der Waals surface area (Å²) >= 11 is 0. The van der Waals surface area contributed by atoms with Gasteiger partial charge in [-0.05, 0) is 6.42 Å². The largest absolute Gasteiger partial charge is 0.300 e. The molecule has 10 heavy (non-hydrogen) atoms. The summed E-state index contributed by atoms with van der Waals surface area (Å²) in [6.07, 6.45) is 8.96. The standard InChI is InChI=1S/C9H14O/c1-3-5-7-9(10)8-6-4-2/h1H,4-8H2,2H3. The van der Waals surface area contributed by atoms with Crippen LogP contribution in [-0.4, -0.2) is 5.78 Å². The van der Waals surface area contributed by atoms with Crippen LogP contribution in [0.15, 0.2) is 0 Å². The zero-order chi connectivity index (χ0) is 7.82. The molecule has 56 valence electrons. The molecule has 0 radical (unpaired) electrons.